The van der Waals surface area contributed by atoms with Crippen molar-refractivity contribution in [2.75, 3.05) is 7.05 Å². The highest BCUT2D eigenvalue weighted by molar-refractivity contribution is 5.20. The van der Waals surface area contributed by atoms with Crippen LogP contribution in [-0.4, -0.2) is 17.5 Å². The molecule has 82 valence electrons. The van der Waals surface area contributed by atoms with Gasteiger partial charge in [0, 0.05) is 12.6 Å². The van der Waals surface area contributed by atoms with Crippen LogP contribution in [0.5, 0.6) is 0 Å². The molecule has 0 aromatic carbocycles. The molecule has 0 bridgehead atoms. The Morgan fingerprint density at radius 2 is 1.50 bits per heavy atom. The molecule has 1 heteroatoms. The van der Waals surface area contributed by atoms with E-state index in [1.54, 1.807) is 0 Å². The smallest absolute Gasteiger partial charge is 0.0309 e. The molecule has 0 unspecified atom stereocenters. The molecule has 0 spiro atoms. The quantitative estimate of drug-likeness (QED) is 0.605. The van der Waals surface area contributed by atoms with E-state index >= 15 is 0 Å². The minimum Gasteiger partial charge on any atom is -0.376 e. The maximum atomic E-state index is 4.07. The Morgan fingerprint density at radius 3 is 1.79 bits per heavy atom. The van der Waals surface area contributed by atoms with Crippen LogP contribution in [-0.2, 0) is 0 Å². The molecule has 0 heterocycles. The van der Waals surface area contributed by atoms with Crippen LogP contribution < -0.4 is 0 Å². The van der Waals surface area contributed by atoms with Crippen LogP contribution in [0.2, 0.25) is 0 Å². The molecule has 1 nitrogen and oxygen atoms in total. The highest BCUT2D eigenvalue weighted by atomic mass is 15.1. The molecule has 0 aliphatic carbocycles. The normalized spacial score (nSPS) is 13.4. The van der Waals surface area contributed by atoms with E-state index in [0.717, 1.165) is 5.57 Å². The summed E-state index contributed by atoms with van der Waals surface area (Å²) < 4.78 is 0. The standard InChI is InChI=1S/C13H25N/c1-11(12(2,3)4)9-10-14(8)13(5,6)7/h9-10H,1H2,2-8H3/b10-9-. The SMILES string of the molecule is C=C(/C=C\N(C)C(C)(C)C)C(C)(C)C. The summed E-state index contributed by atoms with van der Waals surface area (Å²) in [5.41, 5.74) is 1.50. The fourth-order valence-electron chi connectivity index (χ4n) is 0.675. The summed E-state index contributed by atoms with van der Waals surface area (Å²) in [4.78, 5) is 2.20. The lowest BCUT2D eigenvalue weighted by Crippen LogP contribution is -2.33. The second kappa shape index (κ2) is 4.20. The Morgan fingerprint density at radius 1 is 1.07 bits per heavy atom. The molecule has 0 atom stereocenters. The van der Waals surface area contributed by atoms with Crippen LogP contribution in [0.3, 0.4) is 0 Å². The van der Waals surface area contributed by atoms with Crippen LogP contribution in [0, 0.1) is 5.41 Å². The van der Waals surface area contributed by atoms with Crippen LogP contribution in [0.1, 0.15) is 41.5 Å². The fourth-order valence-corrected chi connectivity index (χ4v) is 0.675. The monoisotopic (exact) mass is 195 g/mol. The summed E-state index contributed by atoms with van der Waals surface area (Å²) in [5.74, 6) is 0. The van der Waals surface area contributed by atoms with Crippen molar-refractivity contribution in [3.05, 3.63) is 24.4 Å². The third kappa shape index (κ3) is 4.50. The maximum Gasteiger partial charge on any atom is 0.0309 e. The van der Waals surface area contributed by atoms with Gasteiger partial charge in [-0.05, 0) is 44.0 Å². The van der Waals surface area contributed by atoms with Gasteiger partial charge in [-0.2, -0.15) is 0 Å². The predicted octanol–water partition coefficient (Wildman–Crippen LogP) is 3.83. The van der Waals surface area contributed by atoms with Crippen molar-refractivity contribution < 1.29 is 0 Å². The van der Waals surface area contributed by atoms with Crippen molar-refractivity contribution >= 4 is 0 Å². The third-order valence-electron chi connectivity index (χ3n) is 2.52. The zero-order valence-corrected chi connectivity index (χ0v) is 10.8. The van der Waals surface area contributed by atoms with Crippen LogP contribution in [0.4, 0.5) is 0 Å². The molecular formula is C13H25N. The molecule has 0 aliphatic rings. The Kier molecular flexibility index (Phi) is 3.99. The Bertz CT molecular complexity index is 223. The van der Waals surface area contributed by atoms with Gasteiger partial charge in [-0.1, -0.05) is 27.4 Å². The van der Waals surface area contributed by atoms with Crippen LogP contribution >= 0.6 is 0 Å². The molecule has 0 fully saturated rings. The van der Waals surface area contributed by atoms with Gasteiger partial charge in [0.25, 0.3) is 0 Å². The van der Waals surface area contributed by atoms with Crippen molar-refractivity contribution in [2.45, 2.75) is 47.1 Å². The molecule has 14 heavy (non-hydrogen) atoms. The largest absolute Gasteiger partial charge is 0.376 e. The van der Waals surface area contributed by atoms with Crippen molar-refractivity contribution in [2.24, 2.45) is 5.41 Å². The van der Waals surface area contributed by atoms with Gasteiger partial charge < -0.3 is 4.90 Å². The summed E-state index contributed by atoms with van der Waals surface area (Å²) in [7, 11) is 2.09. The average Bonchev–Trinajstić information content (AvgIpc) is 1.95. The van der Waals surface area contributed by atoms with Gasteiger partial charge in [-0.3, -0.25) is 0 Å². The number of allylic oxidation sites excluding steroid dienone is 2. The molecule has 0 aromatic heterocycles. The first-order valence-electron chi connectivity index (χ1n) is 5.15. The van der Waals surface area contributed by atoms with E-state index in [2.05, 4.69) is 72.3 Å². The van der Waals surface area contributed by atoms with E-state index in [1.807, 2.05) is 0 Å². The molecule has 0 aliphatic heterocycles. The molecule has 0 amide bonds. The zero-order valence-electron chi connectivity index (χ0n) is 10.8. The van der Waals surface area contributed by atoms with E-state index in [4.69, 9.17) is 0 Å². The van der Waals surface area contributed by atoms with Gasteiger partial charge in [0.05, 0.1) is 0 Å². The van der Waals surface area contributed by atoms with E-state index in [1.165, 1.54) is 0 Å². The van der Waals surface area contributed by atoms with Crippen molar-refractivity contribution in [3.63, 3.8) is 0 Å². The van der Waals surface area contributed by atoms with E-state index in [9.17, 15) is 0 Å². The summed E-state index contributed by atoms with van der Waals surface area (Å²) in [6, 6.07) is 0. The number of hydrogen-bond donors (Lipinski definition) is 0. The van der Waals surface area contributed by atoms with Crippen molar-refractivity contribution in [1.29, 1.82) is 0 Å². The maximum absolute atomic E-state index is 4.07. The average molecular weight is 195 g/mol. The van der Waals surface area contributed by atoms with Gasteiger partial charge >= 0.3 is 0 Å². The molecule has 0 radical (unpaired) electrons. The Hall–Kier alpha value is -0.720. The summed E-state index contributed by atoms with van der Waals surface area (Å²) in [5, 5.41) is 0. The molecule has 0 saturated heterocycles. The summed E-state index contributed by atoms with van der Waals surface area (Å²) >= 11 is 0. The zero-order chi connectivity index (χ0) is 11.6. The first-order chi connectivity index (χ1) is 6.05. The Balaban J connectivity index is 4.41. The fraction of sp³-hybridized carbons (Fsp3) is 0.692. The predicted molar refractivity (Wildman–Crippen MR) is 65.3 cm³/mol. The molecular weight excluding hydrogens is 170 g/mol. The topological polar surface area (TPSA) is 3.24 Å². The van der Waals surface area contributed by atoms with Gasteiger partial charge in [0.2, 0.25) is 0 Å². The van der Waals surface area contributed by atoms with Gasteiger partial charge in [0.1, 0.15) is 0 Å². The van der Waals surface area contributed by atoms with E-state index < -0.39 is 0 Å². The molecule has 0 saturated carbocycles. The highest BCUT2D eigenvalue weighted by Crippen LogP contribution is 2.24. The van der Waals surface area contributed by atoms with Crippen molar-refractivity contribution in [1.82, 2.24) is 4.90 Å². The number of rotatable bonds is 2. The van der Waals surface area contributed by atoms with Gasteiger partial charge in [0.15, 0.2) is 0 Å². The minimum atomic E-state index is 0.162. The summed E-state index contributed by atoms with van der Waals surface area (Å²) in [6.45, 7) is 17.2. The molecule has 0 N–H and O–H groups in total. The second-order valence-corrected chi connectivity index (χ2v) is 5.87. The van der Waals surface area contributed by atoms with Gasteiger partial charge in [-0.15, -0.1) is 0 Å². The molecule has 0 rings (SSSR count). The van der Waals surface area contributed by atoms with E-state index in [0.29, 0.717) is 0 Å². The number of nitrogens with zero attached hydrogens (tertiary/aromatic N) is 1. The first-order valence-corrected chi connectivity index (χ1v) is 5.15. The van der Waals surface area contributed by atoms with Crippen LogP contribution in [0.15, 0.2) is 24.4 Å². The third-order valence-corrected chi connectivity index (χ3v) is 2.52. The lowest BCUT2D eigenvalue weighted by atomic mass is 9.87. The summed E-state index contributed by atoms with van der Waals surface area (Å²) in [6.07, 6.45) is 4.21. The van der Waals surface area contributed by atoms with Crippen molar-refractivity contribution in [3.8, 4) is 0 Å². The molecule has 0 aromatic rings. The lowest BCUT2D eigenvalue weighted by Gasteiger charge is -2.31. The highest BCUT2D eigenvalue weighted by Gasteiger charge is 2.15. The van der Waals surface area contributed by atoms with Gasteiger partial charge in [-0.25, -0.2) is 0 Å². The second-order valence-electron chi connectivity index (χ2n) is 5.87. The lowest BCUT2D eigenvalue weighted by molar-refractivity contribution is 0.249. The van der Waals surface area contributed by atoms with E-state index in [-0.39, 0.29) is 11.0 Å². The first kappa shape index (κ1) is 13.3. The van der Waals surface area contributed by atoms with Crippen LogP contribution in [0.25, 0.3) is 0 Å². The Labute approximate surface area is 89.5 Å². The number of hydrogen-bond acceptors (Lipinski definition) is 1. The minimum absolute atomic E-state index is 0.162.